The summed E-state index contributed by atoms with van der Waals surface area (Å²) in [6, 6.07) is 6.73. The highest BCUT2D eigenvalue weighted by Gasteiger charge is 2.15. The van der Waals surface area contributed by atoms with Crippen molar-refractivity contribution in [2.75, 3.05) is 10.5 Å². The first-order chi connectivity index (χ1) is 8.87. The van der Waals surface area contributed by atoms with Crippen LogP contribution in [0.2, 0.25) is 0 Å². The van der Waals surface area contributed by atoms with Crippen LogP contribution in [0.3, 0.4) is 0 Å². The molecular weight excluding hydrogens is 264 g/mol. The van der Waals surface area contributed by atoms with Crippen LogP contribution >= 0.6 is 0 Å². The number of nitrogens with one attached hydrogen (secondary N) is 2. The Bertz CT molecular complexity index is 674. The van der Waals surface area contributed by atoms with Crippen LogP contribution in [0.4, 0.5) is 11.5 Å². The van der Waals surface area contributed by atoms with Crippen LogP contribution in [0.25, 0.3) is 0 Å². The Labute approximate surface area is 112 Å². The summed E-state index contributed by atoms with van der Waals surface area (Å²) in [6.45, 7) is 3.64. The average molecular weight is 280 g/mol. The van der Waals surface area contributed by atoms with Crippen LogP contribution in [0.15, 0.2) is 24.3 Å². The summed E-state index contributed by atoms with van der Waals surface area (Å²) in [5, 5.41) is 6.66. The van der Waals surface area contributed by atoms with Crippen molar-refractivity contribution in [1.29, 1.82) is 0 Å². The SMILES string of the molecule is Cc1[nH]nc(NS(=O)(=O)Cc2ccc(N)cc2)c1C. The molecule has 0 spiro atoms. The number of anilines is 2. The van der Waals surface area contributed by atoms with Crippen LogP contribution < -0.4 is 10.5 Å². The third kappa shape index (κ3) is 3.25. The van der Waals surface area contributed by atoms with Gasteiger partial charge < -0.3 is 5.73 Å². The topological polar surface area (TPSA) is 101 Å². The van der Waals surface area contributed by atoms with Gasteiger partial charge in [0.1, 0.15) is 0 Å². The van der Waals surface area contributed by atoms with E-state index in [1.54, 1.807) is 31.2 Å². The molecule has 2 aromatic rings. The van der Waals surface area contributed by atoms with Gasteiger partial charge in [-0.1, -0.05) is 12.1 Å². The van der Waals surface area contributed by atoms with E-state index in [-0.39, 0.29) is 5.75 Å². The lowest BCUT2D eigenvalue weighted by atomic mass is 10.2. The summed E-state index contributed by atoms with van der Waals surface area (Å²) < 4.78 is 26.5. The number of aromatic nitrogens is 2. The zero-order valence-corrected chi connectivity index (χ0v) is 11.6. The fourth-order valence-electron chi connectivity index (χ4n) is 1.60. The molecule has 0 atom stereocenters. The quantitative estimate of drug-likeness (QED) is 0.739. The molecule has 1 heterocycles. The first-order valence-corrected chi connectivity index (χ1v) is 7.39. The fourth-order valence-corrected chi connectivity index (χ4v) is 2.80. The lowest BCUT2D eigenvalue weighted by Crippen LogP contribution is -2.16. The van der Waals surface area contributed by atoms with Gasteiger partial charge in [0.15, 0.2) is 5.82 Å². The van der Waals surface area contributed by atoms with E-state index in [2.05, 4.69) is 14.9 Å². The third-order valence-electron chi connectivity index (χ3n) is 2.84. The Morgan fingerprint density at radius 2 is 1.89 bits per heavy atom. The maximum absolute atomic E-state index is 12.0. The number of nitrogen functional groups attached to an aromatic ring is 1. The second-order valence-electron chi connectivity index (χ2n) is 4.42. The largest absolute Gasteiger partial charge is 0.399 e. The second-order valence-corrected chi connectivity index (χ2v) is 6.15. The van der Waals surface area contributed by atoms with Gasteiger partial charge in [0.25, 0.3) is 0 Å². The molecule has 0 fully saturated rings. The summed E-state index contributed by atoms with van der Waals surface area (Å²) in [4.78, 5) is 0. The minimum atomic E-state index is -3.48. The molecule has 102 valence electrons. The minimum absolute atomic E-state index is 0.112. The normalized spacial score (nSPS) is 11.5. The van der Waals surface area contributed by atoms with Crippen LogP contribution in [0.1, 0.15) is 16.8 Å². The fraction of sp³-hybridized carbons (Fsp3) is 0.250. The maximum atomic E-state index is 12.0. The van der Waals surface area contributed by atoms with E-state index in [0.29, 0.717) is 17.1 Å². The zero-order valence-electron chi connectivity index (χ0n) is 10.8. The average Bonchev–Trinajstić information content (AvgIpc) is 2.63. The van der Waals surface area contributed by atoms with Gasteiger partial charge in [0, 0.05) is 16.9 Å². The van der Waals surface area contributed by atoms with Crippen molar-refractivity contribution in [3.8, 4) is 0 Å². The highest BCUT2D eigenvalue weighted by molar-refractivity contribution is 7.91. The summed E-state index contributed by atoms with van der Waals surface area (Å²) in [6.07, 6.45) is 0. The summed E-state index contributed by atoms with van der Waals surface area (Å²) in [7, 11) is -3.48. The molecule has 0 radical (unpaired) electrons. The molecule has 1 aromatic heterocycles. The van der Waals surface area contributed by atoms with E-state index in [9.17, 15) is 8.42 Å². The Morgan fingerprint density at radius 3 is 2.42 bits per heavy atom. The molecule has 7 heteroatoms. The standard InChI is InChI=1S/C12H16N4O2S/c1-8-9(2)14-15-12(8)16-19(17,18)7-10-3-5-11(13)6-4-10/h3-6H,7,13H2,1-2H3,(H2,14,15,16). The molecule has 6 nitrogen and oxygen atoms in total. The van der Waals surface area contributed by atoms with E-state index in [4.69, 9.17) is 5.73 Å². The highest BCUT2D eigenvalue weighted by Crippen LogP contribution is 2.17. The number of rotatable bonds is 4. The van der Waals surface area contributed by atoms with Crippen molar-refractivity contribution in [2.45, 2.75) is 19.6 Å². The summed E-state index contributed by atoms with van der Waals surface area (Å²) in [5.74, 6) is 0.228. The van der Waals surface area contributed by atoms with Crippen LogP contribution in [0.5, 0.6) is 0 Å². The Hall–Kier alpha value is -2.02. The monoisotopic (exact) mass is 280 g/mol. The van der Waals surface area contributed by atoms with Crippen molar-refractivity contribution < 1.29 is 8.42 Å². The van der Waals surface area contributed by atoms with Crippen LogP contribution in [0, 0.1) is 13.8 Å². The highest BCUT2D eigenvalue weighted by atomic mass is 32.2. The van der Waals surface area contributed by atoms with Gasteiger partial charge in [-0.2, -0.15) is 5.10 Å². The van der Waals surface area contributed by atoms with Crippen molar-refractivity contribution >= 4 is 21.5 Å². The molecule has 19 heavy (non-hydrogen) atoms. The molecule has 0 saturated heterocycles. The Kier molecular flexibility index (Phi) is 3.48. The first kappa shape index (κ1) is 13.4. The van der Waals surface area contributed by atoms with E-state index < -0.39 is 10.0 Å². The summed E-state index contributed by atoms with van der Waals surface area (Å²) in [5.41, 5.74) is 8.47. The van der Waals surface area contributed by atoms with Crippen LogP contribution in [-0.4, -0.2) is 18.6 Å². The number of H-pyrrole nitrogens is 1. The molecule has 0 aliphatic carbocycles. The molecule has 0 bridgehead atoms. The molecule has 4 N–H and O–H groups in total. The molecule has 2 rings (SSSR count). The number of aryl methyl sites for hydroxylation is 1. The van der Waals surface area contributed by atoms with Gasteiger partial charge in [-0.05, 0) is 31.5 Å². The Balaban J connectivity index is 2.15. The van der Waals surface area contributed by atoms with E-state index in [1.165, 1.54) is 0 Å². The van der Waals surface area contributed by atoms with E-state index >= 15 is 0 Å². The number of benzene rings is 1. The molecule has 1 aromatic carbocycles. The lowest BCUT2D eigenvalue weighted by molar-refractivity contribution is 0.600. The first-order valence-electron chi connectivity index (χ1n) is 5.74. The van der Waals surface area contributed by atoms with Gasteiger partial charge in [-0.25, -0.2) is 8.42 Å². The molecular formula is C12H16N4O2S. The van der Waals surface area contributed by atoms with Gasteiger partial charge >= 0.3 is 0 Å². The predicted molar refractivity (Wildman–Crippen MR) is 75.2 cm³/mol. The number of hydrogen-bond acceptors (Lipinski definition) is 4. The van der Waals surface area contributed by atoms with Gasteiger partial charge in [-0.3, -0.25) is 9.82 Å². The van der Waals surface area contributed by atoms with Crippen LogP contribution in [-0.2, 0) is 15.8 Å². The number of nitrogens with two attached hydrogens (primary N) is 1. The summed E-state index contributed by atoms with van der Waals surface area (Å²) >= 11 is 0. The second kappa shape index (κ2) is 4.93. The van der Waals surface area contributed by atoms with Crippen molar-refractivity contribution in [3.05, 3.63) is 41.1 Å². The number of sulfonamides is 1. The van der Waals surface area contributed by atoms with Crippen molar-refractivity contribution in [2.24, 2.45) is 0 Å². The zero-order chi connectivity index (χ0) is 14.0. The smallest absolute Gasteiger partial charge is 0.238 e. The van der Waals surface area contributed by atoms with Gasteiger partial charge in [-0.15, -0.1) is 0 Å². The molecule has 0 unspecified atom stereocenters. The minimum Gasteiger partial charge on any atom is -0.399 e. The van der Waals surface area contributed by atoms with Crippen molar-refractivity contribution in [3.63, 3.8) is 0 Å². The number of aromatic amines is 1. The molecule has 0 aliphatic rings. The third-order valence-corrected chi connectivity index (χ3v) is 4.06. The maximum Gasteiger partial charge on any atom is 0.238 e. The van der Waals surface area contributed by atoms with Gasteiger partial charge in [0.2, 0.25) is 10.0 Å². The molecule has 0 amide bonds. The predicted octanol–water partition coefficient (Wildman–Crippen LogP) is 1.55. The lowest BCUT2D eigenvalue weighted by Gasteiger charge is -2.06. The Morgan fingerprint density at radius 1 is 1.26 bits per heavy atom. The van der Waals surface area contributed by atoms with Crippen molar-refractivity contribution in [1.82, 2.24) is 10.2 Å². The molecule has 0 aliphatic heterocycles. The van der Waals surface area contributed by atoms with E-state index in [1.807, 2.05) is 6.92 Å². The number of hydrogen-bond donors (Lipinski definition) is 3. The number of nitrogens with zero attached hydrogens (tertiary/aromatic N) is 1. The van der Waals surface area contributed by atoms with Gasteiger partial charge in [0.05, 0.1) is 5.75 Å². The molecule has 0 saturated carbocycles. The van der Waals surface area contributed by atoms with E-state index in [0.717, 1.165) is 11.3 Å².